The number of aliphatic hydroxyl groups excluding tert-OH is 1. The van der Waals surface area contributed by atoms with E-state index in [0.717, 1.165) is 0 Å². The predicted octanol–water partition coefficient (Wildman–Crippen LogP) is -0.367. The maximum atomic E-state index is 12.1. The van der Waals surface area contributed by atoms with Crippen LogP contribution in [-0.2, 0) is 9.59 Å². The number of hydrogen-bond acceptors (Lipinski definition) is 5. The van der Waals surface area contributed by atoms with Crippen molar-refractivity contribution < 1.29 is 14.7 Å². The molecule has 1 fully saturated rings. The van der Waals surface area contributed by atoms with E-state index in [1.807, 2.05) is 11.0 Å². The number of nitriles is 1. The van der Waals surface area contributed by atoms with Gasteiger partial charge in [-0.3, -0.25) is 14.5 Å². The zero-order chi connectivity index (χ0) is 15.9. The van der Waals surface area contributed by atoms with E-state index < -0.39 is 11.8 Å². The van der Waals surface area contributed by atoms with Crippen LogP contribution >= 0.6 is 0 Å². The minimum absolute atomic E-state index is 0.0827. The van der Waals surface area contributed by atoms with Crippen molar-refractivity contribution >= 4 is 17.5 Å². The van der Waals surface area contributed by atoms with Gasteiger partial charge in [0.15, 0.2) is 0 Å². The van der Waals surface area contributed by atoms with Crippen molar-refractivity contribution in [1.29, 1.82) is 5.26 Å². The number of benzene rings is 1. The Hall–Kier alpha value is -2.43. The number of nitrogens with zero attached hydrogens (tertiary/aromatic N) is 3. The highest BCUT2D eigenvalue weighted by Crippen LogP contribution is 2.13. The van der Waals surface area contributed by atoms with Crippen LogP contribution in [0.1, 0.15) is 5.56 Å². The minimum atomic E-state index is -0.738. The fraction of sp³-hybridized carbons (Fsp3) is 0.400. The summed E-state index contributed by atoms with van der Waals surface area (Å²) >= 11 is 0. The lowest BCUT2D eigenvalue weighted by atomic mass is 10.2. The second-order valence-corrected chi connectivity index (χ2v) is 4.97. The fourth-order valence-corrected chi connectivity index (χ4v) is 2.32. The number of aliphatic hydroxyl groups is 1. The molecule has 2 rings (SSSR count). The summed E-state index contributed by atoms with van der Waals surface area (Å²) in [6, 6.07) is 8.51. The lowest BCUT2D eigenvalue weighted by Crippen LogP contribution is -2.52. The molecule has 0 atom stereocenters. The van der Waals surface area contributed by atoms with E-state index in [1.165, 1.54) is 4.90 Å². The number of anilines is 1. The number of para-hydroxylation sites is 1. The first-order valence-corrected chi connectivity index (χ1v) is 7.08. The maximum Gasteiger partial charge on any atom is 0.313 e. The maximum absolute atomic E-state index is 12.1. The van der Waals surface area contributed by atoms with Crippen molar-refractivity contribution in [1.82, 2.24) is 9.80 Å². The molecule has 1 aliphatic heterocycles. The molecule has 0 saturated carbocycles. The van der Waals surface area contributed by atoms with Gasteiger partial charge in [-0.1, -0.05) is 12.1 Å². The van der Waals surface area contributed by atoms with Gasteiger partial charge in [0.05, 0.1) is 17.9 Å². The lowest BCUT2D eigenvalue weighted by molar-refractivity contribution is -0.144. The molecular weight excluding hydrogens is 284 g/mol. The Morgan fingerprint density at radius 3 is 2.55 bits per heavy atom. The summed E-state index contributed by atoms with van der Waals surface area (Å²) in [5.41, 5.74) is 0.652. The molecular formula is C15H18N4O3. The molecule has 0 spiro atoms. The monoisotopic (exact) mass is 302 g/mol. The quantitative estimate of drug-likeness (QED) is 0.743. The SMILES string of the molecule is N#Cc1ccccc1NC(=O)C(=O)N1CCN(CCO)CC1. The standard InChI is InChI=1S/C15H18N4O3/c16-11-12-3-1-2-4-13(12)17-14(21)15(22)19-7-5-18(6-8-19)9-10-20/h1-4,20H,5-10H2,(H,17,21). The van der Waals surface area contributed by atoms with Crippen LogP contribution in [0.15, 0.2) is 24.3 Å². The number of rotatable bonds is 3. The number of β-amino-alcohol motifs (C(OH)–C–C–N with tert-alkyl or cyclic N) is 1. The van der Waals surface area contributed by atoms with Gasteiger partial charge in [-0.2, -0.15) is 5.26 Å². The third-order valence-corrected chi connectivity index (χ3v) is 3.57. The third-order valence-electron chi connectivity index (χ3n) is 3.57. The van der Waals surface area contributed by atoms with Gasteiger partial charge in [-0.25, -0.2) is 0 Å². The van der Waals surface area contributed by atoms with E-state index in [-0.39, 0.29) is 6.61 Å². The summed E-state index contributed by atoms with van der Waals surface area (Å²) in [7, 11) is 0. The normalized spacial score (nSPS) is 15.2. The fourth-order valence-electron chi connectivity index (χ4n) is 2.32. The van der Waals surface area contributed by atoms with Crippen LogP contribution in [0.2, 0.25) is 0 Å². The van der Waals surface area contributed by atoms with Gasteiger partial charge in [0.1, 0.15) is 6.07 Å². The molecule has 2 N–H and O–H groups in total. The summed E-state index contributed by atoms with van der Waals surface area (Å²) < 4.78 is 0. The molecule has 1 heterocycles. The largest absolute Gasteiger partial charge is 0.395 e. The Balaban J connectivity index is 1.93. The van der Waals surface area contributed by atoms with Gasteiger partial charge >= 0.3 is 11.8 Å². The van der Waals surface area contributed by atoms with Crippen molar-refractivity contribution in [2.24, 2.45) is 0 Å². The molecule has 22 heavy (non-hydrogen) atoms. The van der Waals surface area contributed by atoms with Crippen LogP contribution in [-0.4, -0.2) is 66.1 Å². The van der Waals surface area contributed by atoms with Gasteiger partial charge in [0.2, 0.25) is 0 Å². The topological polar surface area (TPSA) is 96.7 Å². The first kappa shape index (κ1) is 15.9. The van der Waals surface area contributed by atoms with Gasteiger partial charge in [0.25, 0.3) is 0 Å². The molecule has 116 valence electrons. The summed E-state index contributed by atoms with van der Waals surface area (Å²) in [4.78, 5) is 27.7. The smallest absolute Gasteiger partial charge is 0.313 e. The van der Waals surface area contributed by atoms with Crippen molar-refractivity contribution in [3.05, 3.63) is 29.8 Å². The second-order valence-electron chi connectivity index (χ2n) is 4.97. The Morgan fingerprint density at radius 2 is 1.91 bits per heavy atom. The third kappa shape index (κ3) is 3.81. The van der Waals surface area contributed by atoms with E-state index >= 15 is 0 Å². The average Bonchev–Trinajstić information content (AvgIpc) is 2.55. The molecule has 0 aliphatic carbocycles. The van der Waals surface area contributed by atoms with Gasteiger partial charge in [-0.05, 0) is 12.1 Å². The van der Waals surface area contributed by atoms with E-state index in [4.69, 9.17) is 10.4 Å². The molecule has 0 radical (unpaired) electrons. The molecule has 2 amide bonds. The number of nitrogens with one attached hydrogen (secondary N) is 1. The Labute approximate surface area is 128 Å². The summed E-state index contributed by atoms with van der Waals surface area (Å²) in [5, 5.41) is 20.3. The lowest BCUT2D eigenvalue weighted by Gasteiger charge is -2.33. The van der Waals surface area contributed by atoms with Crippen LogP contribution in [0.5, 0.6) is 0 Å². The highest BCUT2D eigenvalue weighted by Gasteiger charge is 2.26. The van der Waals surface area contributed by atoms with E-state index in [2.05, 4.69) is 5.32 Å². The zero-order valence-electron chi connectivity index (χ0n) is 12.2. The van der Waals surface area contributed by atoms with Crippen molar-refractivity contribution in [2.75, 3.05) is 44.6 Å². The number of amides is 2. The molecule has 1 aliphatic rings. The summed E-state index contributed by atoms with van der Waals surface area (Å²) in [6.45, 7) is 2.82. The van der Waals surface area contributed by atoms with Crippen LogP contribution < -0.4 is 5.32 Å². The number of carbonyl (C=O) groups excluding carboxylic acids is 2. The van der Waals surface area contributed by atoms with Crippen LogP contribution in [0, 0.1) is 11.3 Å². The molecule has 0 aromatic heterocycles. The van der Waals surface area contributed by atoms with Gasteiger partial charge < -0.3 is 15.3 Å². The molecule has 0 bridgehead atoms. The Kier molecular flexibility index (Phi) is 5.47. The molecule has 7 nitrogen and oxygen atoms in total. The van der Waals surface area contributed by atoms with Crippen LogP contribution in [0.4, 0.5) is 5.69 Å². The highest BCUT2D eigenvalue weighted by molar-refractivity contribution is 6.39. The summed E-state index contributed by atoms with van der Waals surface area (Å²) in [5.74, 6) is -1.34. The second kappa shape index (κ2) is 7.54. The number of piperazine rings is 1. The Morgan fingerprint density at radius 1 is 1.23 bits per heavy atom. The molecule has 7 heteroatoms. The highest BCUT2D eigenvalue weighted by atomic mass is 16.3. The first-order chi connectivity index (χ1) is 10.7. The predicted molar refractivity (Wildman–Crippen MR) is 79.9 cm³/mol. The van der Waals surface area contributed by atoms with Crippen molar-refractivity contribution in [2.45, 2.75) is 0 Å². The molecule has 1 saturated heterocycles. The van der Waals surface area contributed by atoms with Crippen molar-refractivity contribution in [3.63, 3.8) is 0 Å². The van der Waals surface area contributed by atoms with Gasteiger partial charge in [0, 0.05) is 32.7 Å². The van der Waals surface area contributed by atoms with E-state index in [1.54, 1.807) is 24.3 Å². The minimum Gasteiger partial charge on any atom is -0.395 e. The van der Waals surface area contributed by atoms with Crippen LogP contribution in [0.25, 0.3) is 0 Å². The first-order valence-electron chi connectivity index (χ1n) is 7.08. The van der Waals surface area contributed by atoms with E-state index in [0.29, 0.717) is 44.0 Å². The Bertz CT molecular complexity index is 589. The molecule has 0 unspecified atom stereocenters. The average molecular weight is 302 g/mol. The number of carbonyl (C=O) groups is 2. The van der Waals surface area contributed by atoms with Crippen LogP contribution in [0.3, 0.4) is 0 Å². The number of hydrogen-bond donors (Lipinski definition) is 2. The molecule has 1 aromatic carbocycles. The summed E-state index contributed by atoms with van der Waals surface area (Å²) in [6.07, 6.45) is 0. The van der Waals surface area contributed by atoms with Crippen molar-refractivity contribution in [3.8, 4) is 6.07 Å². The zero-order valence-corrected chi connectivity index (χ0v) is 12.2. The van der Waals surface area contributed by atoms with Gasteiger partial charge in [-0.15, -0.1) is 0 Å². The van der Waals surface area contributed by atoms with E-state index in [9.17, 15) is 9.59 Å². The molecule has 1 aromatic rings.